The molecular weight excluding hydrogens is 323 g/mol. The lowest BCUT2D eigenvalue weighted by Gasteiger charge is -2.41. The van der Waals surface area contributed by atoms with Gasteiger partial charge in [0.25, 0.3) is 0 Å². The van der Waals surface area contributed by atoms with Crippen molar-refractivity contribution in [3.05, 3.63) is 11.1 Å². The lowest BCUT2D eigenvalue weighted by Crippen LogP contribution is -2.55. The maximum atomic E-state index is 12.5. The molecule has 2 saturated heterocycles. The number of thiazole rings is 1. The molecule has 0 aromatic carbocycles. The van der Waals surface area contributed by atoms with Crippen LogP contribution in [0.25, 0.3) is 0 Å². The van der Waals surface area contributed by atoms with Gasteiger partial charge in [0.1, 0.15) is 0 Å². The first kappa shape index (κ1) is 15.0. The summed E-state index contributed by atoms with van der Waals surface area (Å²) in [5, 5.41) is 1.37. The fraction of sp³-hybridized carbons (Fsp3) is 0.667. The van der Waals surface area contributed by atoms with E-state index in [2.05, 4.69) is 4.98 Å². The molecule has 0 unspecified atom stereocenters. The monoisotopic (exact) mass is 337 g/mol. The Morgan fingerprint density at radius 3 is 2.52 bits per heavy atom. The first-order valence-electron chi connectivity index (χ1n) is 6.59. The quantitative estimate of drug-likeness (QED) is 0.829. The third-order valence-corrected chi connectivity index (χ3v) is 5.45. The summed E-state index contributed by atoms with van der Waals surface area (Å²) in [6, 6.07) is 0. The highest BCUT2D eigenvalue weighted by Gasteiger charge is 2.39. The van der Waals surface area contributed by atoms with E-state index in [1.54, 1.807) is 4.90 Å². The van der Waals surface area contributed by atoms with Crippen LogP contribution in [0.5, 0.6) is 0 Å². The second-order valence-electron chi connectivity index (χ2n) is 5.05. The molecule has 0 spiro atoms. The Labute approximate surface area is 128 Å². The second kappa shape index (κ2) is 5.68. The van der Waals surface area contributed by atoms with Gasteiger partial charge in [-0.1, -0.05) is 0 Å². The number of anilines is 1. The molecule has 3 heterocycles. The molecule has 116 valence electrons. The van der Waals surface area contributed by atoms with Gasteiger partial charge in [-0.15, -0.1) is 11.3 Å². The molecule has 1 aromatic rings. The molecule has 2 fully saturated rings. The summed E-state index contributed by atoms with van der Waals surface area (Å²) in [7, 11) is 0. The molecular formula is C12H14F3N3OS2. The average molecular weight is 337 g/mol. The summed E-state index contributed by atoms with van der Waals surface area (Å²) < 4.78 is 37.5. The zero-order chi connectivity index (χ0) is 15.0. The first-order valence-corrected chi connectivity index (χ1v) is 8.63. The van der Waals surface area contributed by atoms with E-state index >= 15 is 0 Å². The van der Waals surface area contributed by atoms with Crippen LogP contribution in [0.15, 0.2) is 5.38 Å². The lowest BCUT2D eigenvalue weighted by atomic mass is 9.99. The summed E-state index contributed by atoms with van der Waals surface area (Å²) in [6.07, 6.45) is -4.40. The summed E-state index contributed by atoms with van der Waals surface area (Å²) >= 11 is 2.81. The van der Waals surface area contributed by atoms with Crippen molar-refractivity contribution in [2.75, 3.05) is 42.6 Å². The number of thioether (sulfide) groups is 1. The molecule has 2 aliphatic heterocycles. The summed E-state index contributed by atoms with van der Waals surface area (Å²) in [5.41, 5.74) is -0.856. The Morgan fingerprint density at radius 2 is 1.95 bits per heavy atom. The molecule has 0 N–H and O–H groups in total. The Morgan fingerprint density at radius 1 is 1.29 bits per heavy atom. The fourth-order valence-electron chi connectivity index (χ4n) is 2.37. The number of halogens is 3. The number of aromatic nitrogens is 1. The van der Waals surface area contributed by atoms with Gasteiger partial charge in [0, 0.05) is 43.1 Å². The number of amides is 1. The molecule has 0 aliphatic carbocycles. The minimum absolute atomic E-state index is 0.105. The molecule has 0 atom stereocenters. The maximum Gasteiger partial charge on any atom is 0.434 e. The van der Waals surface area contributed by atoms with Crippen molar-refractivity contribution in [3.8, 4) is 0 Å². The minimum Gasteiger partial charge on any atom is -0.346 e. The van der Waals surface area contributed by atoms with E-state index in [1.165, 1.54) is 0 Å². The Kier molecular flexibility index (Phi) is 4.04. The lowest BCUT2D eigenvalue weighted by molar-refractivity contribution is -0.141. The van der Waals surface area contributed by atoms with E-state index in [1.807, 2.05) is 16.7 Å². The molecule has 2 aliphatic rings. The predicted octanol–water partition coefficient (Wildman–Crippen LogP) is 2.17. The molecule has 0 saturated carbocycles. The van der Waals surface area contributed by atoms with E-state index in [9.17, 15) is 18.0 Å². The van der Waals surface area contributed by atoms with Gasteiger partial charge in [-0.3, -0.25) is 4.79 Å². The van der Waals surface area contributed by atoms with Crippen molar-refractivity contribution >= 4 is 34.1 Å². The van der Waals surface area contributed by atoms with Crippen LogP contribution < -0.4 is 4.90 Å². The van der Waals surface area contributed by atoms with Crippen molar-refractivity contribution in [2.45, 2.75) is 6.18 Å². The molecule has 0 bridgehead atoms. The van der Waals surface area contributed by atoms with Crippen LogP contribution in [-0.4, -0.2) is 53.5 Å². The van der Waals surface area contributed by atoms with Gasteiger partial charge < -0.3 is 9.80 Å². The van der Waals surface area contributed by atoms with Gasteiger partial charge in [-0.05, 0) is 0 Å². The smallest absolute Gasteiger partial charge is 0.346 e. The largest absolute Gasteiger partial charge is 0.434 e. The Hall–Kier alpha value is -0.960. The molecule has 4 nitrogen and oxygen atoms in total. The number of hydrogen-bond donors (Lipinski definition) is 0. The van der Waals surface area contributed by atoms with Gasteiger partial charge >= 0.3 is 6.18 Å². The summed E-state index contributed by atoms with van der Waals surface area (Å²) in [6.45, 7) is 2.48. The second-order valence-corrected chi connectivity index (χ2v) is 7.11. The standard InChI is InChI=1S/C12H14F3N3OS2/c13-12(14,15)9-7-21-11(16-9)18-5-8(6-18)10(19)17-1-3-20-4-2-17/h7-8H,1-6H2. The normalized spacial score (nSPS) is 20.5. The third kappa shape index (κ3) is 3.13. The van der Waals surface area contributed by atoms with Gasteiger partial charge in [0.2, 0.25) is 5.91 Å². The van der Waals surface area contributed by atoms with Crippen LogP contribution in [0.4, 0.5) is 18.3 Å². The predicted molar refractivity (Wildman–Crippen MR) is 76.7 cm³/mol. The molecule has 0 radical (unpaired) electrons. The van der Waals surface area contributed by atoms with E-state index in [0.717, 1.165) is 41.3 Å². The van der Waals surface area contributed by atoms with Gasteiger partial charge in [-0.2, -0.15) is 24.9 Å². The van der Waals surface area contributed by atoms with E-state index in [4.69, 9.17) is 0 Å². The summed E-state index contributed by atoms with van der Waals surface area (Å²) in [4.78, 5) is 19.4. The van der Waals surface area contributed by atoms with Crippen LogP contribution in [0, 0.1) is 5.92 Å². The number of nitrogens with zero attached hydrogens (tertiary/aromatic N) is 3. The van der Waals surface area contributed by atoms with Crippen molar-refractivity contribution in [3.63, 3.8) is 0 Å². The minimum atomic E-state index is -4.40. The van der Waals surface area contributed by atoms with Gasteiger partial charge in [-0.25, -0.2) is 4.98 Å². The molecule has 21 heavy (non-hydrogen) atoms. The average Bonchev–Trinajstić information content (AvgIpc) is 2.87. The van der Waals surface area contributed by atoms with Crippen molar-refractivity contribution in [1.29, 1.82) is 0 Å². The van der Waals surface area contributed by atoms with Crippen molar-refractivity contribution in [1.82, 2.24) is 9.88 Å². The van der Waals surface area contributed by atoms with Gasteiger partial charge in [0.05, 0.1) is 5.92 Å². The zero-order valence-electron chi connectivity index (χ0n) is 11.1. The highest BCUT2D eigenvalue weighted by molar-refractivity contribution is 7.99. The number of carbonyl (C=O) groups is 1. The number of alkyl halides is 3. The highest BCUT2D eigenvalue weighted by atomic mass is 32.2. The van der Waals surface area contributed by atoms with Crippen LogP contribution in [-0.2, 0) is 11.0 Å². The molecule has 9 heteroatoms. The molecule has 3 rings (SSSR count). The molecule has 1 aromatic heterocycles. The molecule has 1 amide bonds. The zero-order valence-corrected chi connectivity index (χ0v) is 12.7. The Balaban J connectivity index is 1.55. The van der Waals surface area contributed by atoms with Crippen molar-refractivity contribution < 1.29 is 18.0 Å². The van der Waals surface area contributed by atoms with Crippen LogP contribution in [0.3, 0.4) is 0 Å². The van der Waals surface area contributed by atoms with Crippen LogP contribution in [0.2, 0.25) is 0 Å². The SMILES string of the molecule is O=C(C1CN(c2nc(C(F)(F)F)cs2)C1)N1CCSCC1. The Bertz CT molecular complexity index is 522. The van der Waals surface area contributed by atoms with Crippen LogP contribution >= 0.6 is 23.1 Å². The summed E-state index contributed by atoms with van der Waals surface area (Å²) in [5.74, 6) is 1.94. The number of rotatable bonds is 2. The van der Waals surface area contributed by atoms with E-state index in [0.29, 0.717) is 18.2 Å². The number of hydrogen-bond acceptors (Lipinski definition) is 5. The topological polar surface area (TPSA) is 36.4 Å². The van der Waals surface area contributed by atoms with E-state index in [-0.39, 0.29) is 11.8 Å². The third-order valence-electron chi connectivity index (χ3n) is 3.61. The van der Waals surface area contributed by atoms with Crippen LogP contribution in [0.1, 0.15) is 5.69 Å². The first-order chi connectivity index (χ1) is 9.95. The van der Waals surface area contributed by atoms with E-state index < -0.39 is 11.9 Å². The maximum absolute atomic E-state index is 12.5. The van der Waals surface area contributed by atoms with Crippen molar-refractivity contribution in [2.24, 2.45) is 5.92 Å². The highest BCUT2D eigenvalue weighted by Crippen LogP contribution is 2.35. The fourth-order valence-corrected chi connectivity index (χ4v) is 4.13. The van der Waals surface area contributed by atoms with Gasteiger partial charge in [0.15, 0.2) is 10.8 Å². The number of carbonyl (C=O) groups excluding carboxylic acids is 1.